The summed E-state index contributed by atoms with van der Waals surface area (Å²) in [5.74, 6) is -0.264. The number of nitrogens with one attached hydrogen (secondary N) is 1. The summed E-state index contributed by atoms with van der Waals surface area (Å²) in [4.78, 5) is 29.6. The molecule has 7 heteroatoms. The molecule has 1 saturated heterocycles. The molecule has 1 fully saturated rings. The molecule has 0 aromatic heterocycles. The van der Waals surface area contributed by atoms with E-state index in [1.807, 2.05) is 48.7 Å². The molecule has 3 rings (SSSR count). The Labute approximate surface area is 163 Å². The minimum atomic E-state index is -0.592. The lowest BCUT2D eigenvalue weighted by atomic mass is 10.2. The number of carbonyl (C=O) groups is 2. The summed E-state index contributed by atoms with van der Waals surface area (Å²) in [5.41, 5.74) is 1.72. The highest BCUT2D eigenvalue weighted by Crippen LogP contribution is 2.21. The summed E-state index contributed by atoms with van der Waals surface area (Å²) < 4.78 is 5.18. The van der Waals surface area contributed by atoms with Crippen molar-refractivity contribution in [2.75, 3.05) is 49.8 Å². The van der Waals surface area contributed by atoms with Crippen molar-refractivity contribution < 1.29 is 14.3 Å². The van der Waals surface area contributed by atoms with E-state index in [0.29, 0.717) is 31.9 Å². The maximum Gasteiger partial charge on any atom is 0.313 e. The van der Waals surface area contributed by atoms with Crippen molar-refractivity contribution in [3.05, 3.63) is 48.5 Å². The van der Waals surface area contributed by atoms with Crippen LogP contribution in [0.4, 0.5) is 11.4 Å². The van der Waals surface area contributed by atoms with E-state index >= 15 is 0 Å². The van der Waals surface area contributed by atoms with Crippen LogP contribution in [0.25, 0.3) is 0 Å². The Kier molecular flexibility index (Phi) is 6.24. The highest BCUT2D eigenvalue weighted by Gasteiger charge is 2.26. The molecule has 142 valence electrons. The molecular weight excluding hydrogens is 362 g/mol. The monoisotopic (exact) mass is 385 g/mol. The Bertz CT molecular complexity index is 802. The summed E-state index contributed by atoms with van der Waals surface area (Å²) in [6, 6.07) is 15.3. The van der Waals surface area contributed by atoms with Gasteiger partial charge in [0, 0.05) is 42.4 Å². The van der Waals surface area contributed by atoms with Crippen LogP contribution in [0, 0.1) is 0 Å². The number of piperazine rings is 1. The minimum absolute atomic E-state index is 0.487. The zero-order chi connectivity index (χ0) is 19.2. The van der Waals surface area contributed by atoms with Crippen LogP contribution < -0.4 is 15.0 Å². The van der Waals surface area contributed by atoms with Crippen molar-refractivity contribution in [3.8, 4) is 5.75 Å². The third-order valence-corrected chi connectivity index (χ3v) is 5.25. The number of methoxy groups -OCH3 is 1. The van der Waals surface area contributed by atoms with Gasteiger partial charge in [-0.15, -0.1) is 11.8 Å². The first-order chi connectivity index (χ1) is 13.1. The molecule has 0 unspecified atom stereocenters. The van der Waals surface area contributed by atoms with Gasteiger partial charge >= 0.3 is 11.8 Å². The average Bonchev–Trinajstić information content (AvgIpc) is 2.73. The Balaban J connectivity index is 1.54. The highest BCUT2D eigenvalue weighted by molar-refractivity contribution is 7.98. The predicted molar refractivity (Wildman–Crippen MR) is 109 cm³/mol. The predicted octanol–water partition coefficient (Wildman–Crippen LogP) is 2.70. The second-order valence-corrected chi connectivity index (χ2v) is 7.04. The lowest BCUT2D eigenvalue weighted by Crippen LogP contribution is -2.51. The van der Waals surface area contributed by atoms with Crippen LogP contribution >= 0.6 is 11.8 Å². The number of hydrogen-bond donors (Lipinski definition) is 1. The molecule has 1 aliphatic rings. The molecule has 1 heterocycles. The first kappa shape index (κ1) is 19.1. The molecule has 2 amide bonds. The maximum atomic E-state index is 12.5. The van der Waals surface area contributed by atoms with Gasteiger partial charge in [-0.1, -0.05) is 6.07 Å². The molecule has 0 saturated carbocycles. The zero-order valence-electron chi connectivity index (χ0n) is 15.5. The molecular formula is C20H23N3O3S. The van der Waals surface area contributed by atoms with Gasteiger partial charge in [-0.2, -0.15) is 0 Å². The summed E-state index contributed by atoms with van der Waals surface area (Å²) in [5, 5.41) is 2.70. The van der Waals surface area contributed by atoms with Crippen LogP contribution in [0.1, 0.15) is 0 Å². The zero-order valence-corrected chi connectivity index (χ0v) is 16.3. The fourth-order valence-corrected chi connectivity index (χ4v) is 3.45. The number of thioether (sulfide) groups is 1. The molecule has 0 spiro atoms. The van der Waals surface area contributed by atoms with E-state index in [9.17, 15) is 9.59 Å². The molecule has 2 aromatic carbocycles. The van der Waals surface area contributed by atoms with Crippen LogP contribution in [0.5, 0.6) is 5.75 Å². The molecule has 0 radical (unpaired) electrons. The third kappa shape index (κ3) is 4.74. The van der Waals surface area contributed by atoms with Crippen LogP contribution in [0.15, 0.2) is 53.4 Å². The van der Waals surface area contributed by atoms with Gasteiger partial charge in [0.15, 0.2) is 0 Å². The molecule has 0 aliphatic carbocycles. The number of amides is 2. The van der Waals surface area contributed by atoms with Gasteiger partial charge in [0.1, 0.15) is 5.75 Å². The van der Waals surface area contributed by atoms with Gasteiger partial charge in [0.05, 0.1) is 7.11 Å². The van der Waals surface area contributed by atoms with Gasteiger partial charge in [-0.3, -0.25) is 9.59 Å². The number of hydrogen-bond acceptors (Lipinski definition) is 5. The number of rotatable bonds is 4. The van der Waals surface area contributed by atoms with Gasteiger partial charge in [-0.25, -0.2) is 0 Å². The van der Waals surface area contributed by atoms with E-state index < -0.39 is 11.8 Å². The summed E-state index contributed by atoms with van der Waals surface area (Å²) in [7, 11) is 1.64. The molecule has 6 nitrogen and oxygen atoms in total. The molecule has 1 aliphatic heterocycles. The second kappa shape index (κ2) is 8.81. The van der Waals surface area contributed by atoms with Crippen molar-refractivity contribution in [1.29, 1.82) is 0 Å². The van der Waals surface area contributed by atoms with Gasteiger partial charge in [0.2, 0.25) is 0 Å². The summed E-state index contributed by atoms with van der Waals surface area (Å²) in [6.45, 7) is 2.41. The van der Waals surface area contributed by atoms with E-state index in [4.69, 9.17) is 4.74 Å². The fraction of sp³-hybridized carbons (Fsp3) is 0.300. The number of nitrogens with zero attached hydrogens (tertiary/aromatic N) is 2. The topological polar surface area (TPSA) is 61.9 Å². The lowest BCUT2D eigenvalue weighted by Gasteiger charge is -2.35. The van der Waals surface area contributed by atoms with Crippen LogP contribution in [-0.2, 0) is 9.59 Å². The number of carbonyl (C=O) groups excluding carboxylic acids is 2. The van der Waals surface area contributed by atoms with Gasteiger partial charge in [-0.05, 0) is 48.7 Å². The highest BCUT2D eigenvalue weighted by atomic mass is 32.2. The van der Waals surface area contributed by atoms with Gasteiger partial charge < -0.3 is 19.9 Å². The molecule has 2 aromatic rings. The molecule has 1 N–H and O–H groups in total. The Morgan fingerprint density at radius 1 is 1.04 bits per heavy atom. The van der Waals surface area contributed by atoms with Gasteiger partial charge in [0.25, 0.3) is 0 Å². The van der Waals surface area contributed by atoms with E-state index in [0.717, 1.165) is 16.3 Å². The Morgan fingerprint density at radius 2 is 1.74 bits per heavy atom. The molecule has 0 atom stereocenters. The minimum Gasteiger partial charge on any atom is -0.497 e. The maximum absolute atomic E-state index is 12.5. The van der Waals surface area contributed by atoms with E-state index in [1.54, 1.807) is 29.8 Å². The molecule has 0 bridgehead atoms. The normalized spacial score (nSPS) is 14.0. The quantitative estimate of drug-likeness (QED) is 0.648. The fourth-order valence-electron chi connectivity index (χ4n) is 2.99. The lowest BCUT2D eigenvalue weighted by molar-refractivity contribution is -0.143. The van der Waals surface area contributed by atoms with Crippen molar-refractivity contribution in [3.63, 3.8) is 0 Å². The SMILES string of the molecule is COc1ccc(N2CCN(C(=O)C(=O)Nc3cccc(SC)c3)CC2)cc1. The average molecular weight is 385 g/mol. The number of ether oxygens (including phenoxy) is 1. The summed E-state index contributed by atoms with van der Waals surface area (Å²) in [6.07, 6.45) is 1.97. The smallest absolute Gasteiger partial charge is 0.313 e. The van der Waals surface area contributed by atoms with Crippen molar-refractivity contribution in [2.45, 2.75) is 4.90 Å². The largest absolute Gasteiger partial charge is 0.497 e. The second-order valence-electron chi connectivity index (χ2n) is 6.16. The standard InChI is InChI=1S/C20H23N3O3S/c1-26-17-8-6-16(7-9-17)22-10-12-23(13-11-22)20(25)19(24)21-15-4-3-5-18(14-15)27-2/h3-9,14H,10-13H2,1-2H3,(H,21,24). The van der Waals surface area contributed by atoms with Crippen LogP contribution in [0.3, 0.4) is 0 Å². The molecule has 27 heavy (non-hydrogen) atoms. The van der Waals surface area contributed by atoms with Crippen molar-refractivity contribution in [1.82, 2.24) is 4.90 Å². The van der Waals surface area contributed by atoms with E-state index in [2.05, 4.69) is 10.2 Å². The Morgan fingerprint density at radius 3 is 2.37 bits per heavy atom. The van der Waals surface area contributed by atoms with Crippen molar-refractivity contribution >= 4 is 35.0 Å². The van der Waals surface area contributed by atoms with Crippen LogP contribution in [-0.4, -0.2) is 56.3 Å². The van der Waals surface area contributed by atoms with E-state index in [-0.39, 0.29) is 0 Å². The number of anilines is 2. The number of benzene rings is 2. The Hall–Kier alpha value is -2.67. The van der Waals surface area contributed by atoms with E-state index in [1.165, 1.54) is 0 Å². The first-order valence-electron chi connectivity index (χ1n) is 8.74. The van der Waals surface area contributed by atoms with Crippen molar-refractivity contribution in [2.24, 2.45) is 0 Å². The first-order valence-corrected chi connectivity index (χ1v) is 9.96. The summed E-state index contributed by atoms with van der Waals surface area (Å²) >= 11 is 1.59. The van der Waals surface area contributed by atoms with Crippen LogP contribution in [0.2, 0.25) is 0 Å². The third-order valence-electron chi connectivity index (χ3n) is 4.53.